The van der Waals surface area contributed by atoms with Gasteiger partial charge >= 0.3 is 29.6 Å². The van der Waals surface area contributed by atoms with Crippen molar-refractivity contribution in [2.24, 2.45) is 0 Å². The predicted molar refractivity (Wildman–Crippen MR) is 48.3 cm³/mol. The number of rotatable bonds is 2. The van der Waals surface area contributed by atoms with Gasteiger partial charge in [0.1, 0.15) is 5.75 Å². The van der Waals surface area contributed by atoms with Gasteiger partial charge in [-0.3, -0.25) is 4.55 Å². The van der Waals surface area contributed by atoms with Crippen molar-refractivity contribution in [2.75, 3.05) is 12.8 Å². The van der Waals surface area contributed by atoms with Gasteiger partial charge in [-0.2, -0.15) is 8.42 Å². The van der Waals surface area contributed by atoms with Crippen LogP contribution in [0.15, 0.2) is 23.1 Å². The van der Waals surface area contributed by atoms with Gasteiger partial charge in [-0.15, -0.1) is 0 Å². The molecule has 7 heteroatoms. The minimum atomic E-state index is -4.19. The van der Waals surface area contributed by atoms with Crippen molar-refractivity contribution < 1.29 is 48.7 Å². The molecule has 0 saturated heterocycles. The first-order valence-electron chi connectivity index (χ1n) is 3.36. The number of benzene rings is 1. The van der Waals surface area contributed by atoms with Crippen LogP contribution < -0.4 is 40.0 Å². The number of nitrogens with two attached hydrogens (primary N) is 1. The fourth-order valence-corrected chi connectivity index (χ4v) is 1.39. The number of hydrogen-bond acceptors (Lipinski definition) is 4. The predicted octanol–water partition coefficient (Wildman–Crippen LogP) is -2.36. The molecule has 1 rings (SSSR count). The second kappa shape index (κ2) is 4.99. The molecule has 0 spiro atoms. The molecule has 1 aromatic carbocycles. The Balaban J connectivity index is 0. The van der Waals surface area contributed by atoms with Crippen molar-refractivity contribution in [1.29, 1.82) is 0 Å². The summed E-state index contributed by atoms with van der Waals surface area (Å²) in [6, 6.07) is 3.72. The van der Waals surface area contributed by atoms with E-state index in [1.54, 1.807) is 0 Å². The van der Waals surface area contributed by atoms with Crippen molar-refractivity contribution in [1.82, 2.24) is 0 Å². The third-order valence-corrected chi connectivity index (χ3v) is 2.35. The summed E-state index contributed by atoms with van der Waals surface area (Å²) in [5.41, 5.74) is 5.59. The standard InChI is InChI=1S/C7H9NO4S.Na.H/c1-12-7-3-2-5(4-6(7)8)13(9,10)11;;/h2-4H,8H2,1H3,(H,9,10,11);;/q;+1;-1. The third kappa shape index (κ3) is 3.14. The summed E-state index contributed by atoms with van der Waals surface area (Å²) in [7, 11) is -2.77. The molecule has 0 heterocycles. The molecule has 1 aromatic rings. The molecule has 14 heavy (non-hydrogen) atoms. The van der Waals surface area contributed by atoms with E-state index in [1.807, 2.05) is 0 Å². The quantitative estimate of drug-likeness (QED) is 0.335. The summed E-state index contributed by atoms with van der Waals surface area (Å²) in [5.74, 6) is 0.368. The van der Waals surface area contributed by atoms with Crippen LogP contribution in [0.4, 0.5) is 5.69 Å². The summed E-state index contributed by atoms with van der Waals surface area (Å²) >= 11 is 0. The Morgan fingerprint density at radius 2 is 2.07 bits per heavy atom. The van der Waals surface area contributed by atoms with Gasteiger partial charge in [0.2, 0.25) is 0 Å². The molecule has 5 nitrogen and oxygen atoms in total. The molecule has 0 aliphatic rings. The molecule has 74 valence electrons. The third-order valence-electron chi connectivity index (χ3n) is 1.50. The second-order valence-corrected chi connectivity index (χ2v) is 3.80. The minimum Gasteiger partial charge on any atom is -1.00 e. The normalized spacial score (nSPS) is 10.4. The molecular formula is C7H10NNaO4S. The van der Waals surface area contributed by atoms with E-state index in [0.717, 1.165) is 6.07 Å². The Morgan fingerprint density at radius 3 is 2.43 bits per heavy atom. The van der Waals surface area contributed by atoms with E-state index >= 15 is 0 Å². The second-order valence-electron chi connectivity index (χ2n) is 2.38. The van der Waals surface area contributed by atoms with Crippen molar-refractivity contribution >= 4 is 15.8 Å². The maximum atomic E-state index is 10.6. The molecule has 0 radical (unpaired) electrons. The van der Waals surface area contributed by atoms with Gasteiger partial charge in [-0.05, 0) is 18.2 Å². The van der Waals surface area contributed by atoms with Gasteiger partial charge in [0.25, 0.3) is 10.1 Å². The smallest absolute Gasteiger partial charge is 1.00 e. The van der Waals surface area contributed by atoms with Crippen LogP contribution in [0, 0.1) is 0 Å². The van der Waals surface area contributed by atoms with E-state index in [1.165, 1.54) is 19.2 Å². The van der Waals surface area contributed by atoms with E-state index < -0.39 is 10.1 Å². The van der Waals surface area contributed by atoms with Crippen LogP contribution in [0.3, 0.4) is 0 Å². The maximum Gasteiger partial charge on any atom is 1.00 e. The molecule has 0 saturated carbocycles. The molecule has 0 aliphatic heterocycles. The van der Waals surface area contributed by atoms with E-state index in [-0.39, 0.29) is 41.6 Å². The largest absolute Gasteiger partial charge is 1.00 e. The number of ether oxygens (including phenoxy) is 1. The Morgan fingerprint density at radius 1 is 1.50 bits per heavy atom. The van der Waals surface area contributed by atoms with Crippen LogP contribution in [0.5, 0.6) is 5.75 Å². The van der Waals surface area contributed by atoms with Gasteiger partial charge in [0.05, 0.1) is 17.7 Å². The zero-order valence-electron chi connectivity index (χ0n) is 8.89. The van der Waals surface area contributed by atoms with Crippen LogP contribution in [0.2, 0.25) is 0 Å². The Bertz CT molecular complexity index is 423. The summed E-state index contributed by atoms with van der Waals surface area (Å²) < 4.78 is 34.8. The molecule has 0 unspecified atom stereocenters. The van der Waals surface area contributed by atoms with Crippen molar-refractivity contribution in [2.45, 2.75) is 4.90 Å². The number of nitrogen functional groups attached to an aromatic ring is 1. The van der Waals surface area contributed by atoms with Gasteiger partial charge in [0, 0.05) is 0 Å². The fourth-order valence-electron chi connectivity index (χ4n) is 0.873. The summed E-state index contributed by atoms with van der Waals surface area (Å²) in [4.78, 5) is -0.245. The SMILES string of the molecule is COc1ccc(S(=O)(=O)O)cc1N.[H-].[Na+]. The van der Waals surface area contributed by atoms with Gasteiger partial charge in [-0.1, -0.05) is 0 Å². The van der Waals surface area contributed by atoms with Crippen molar-refractivity contribution in [3.8, 4) is 5.75 Å². The molecule has 0 amide bonds. The Labute approximate surface area is 106 Å². The van der Waals surface area contributed by atoms with Gasteiger partial charge in [-0.25, -0.2) is 0 Å². The van der Waals surface area contributed by atoms with Crippen LogP contribution >= 0.6 is 0 Å². The summed E-state index contributed by atoms with van der Waals surface area (Å²) in [6.07, 6.45) is 0. The van der Waals surface area contributed by atoms with Crippen LogP contribution in [0.1, 0.15) is 1.43 Å². The first-order valence-corrected chi connectivity index (χ1v) is 4.80. The number of methoxy groups -OCH3 is 1. The van der Waals surface area contributed by atoms with E-state index in [4.69, 9.17) is 15.0 Å². The van der Waals surface area contributed by atoms with Crippen LogP contribution in [-0.4, -0.2) is 20.1 Å². The average molecular weight is 227 g/mol. The zero-order chi connectivity index (χ0) is 10.1. The molecule has 0 aromatic heterocycles. The molecule has 0 bridgehead atoms. The molecule has 3 N–H and O–H groups in total. The fraction of sp³-hybridized carbons (Fsp3) is 0.143. The maximum absolute atomic E-state index is 10.6. The van der Waals surface area contributed by atoms with Crippen LogP contribution in [0.25, 0.3) is 0 Å². The first kappa shape index (κ1) is 13.7. The number of hydrogen-bond donors (Lipinski definition) is 2. The Kier molecular flexibility index (Phi) is 4.90. The van der Waals surface area contributed by atoms with Gasteiger partial charge < -0.3 is 11.9 Å². The average Bonchev–Trinajstić information content (AvgIpc) is 2.02. The number of anilines is 1. The minimum absolute atomic E-state index is 0. The summed E-state index contributed by atoms with van der Waals surface area (Å²) in [5, 5.41) is 0. The topological polar surface area (TPSA) is 89.6 Å². The van der Waals surface area contributed by atoms with E-state index in [2.05, 4.69) is 0 Å². The molecule has 0 atom stereocenters. The monoisotopic (exact) mass is 227 g/mol. The van der Waals surface area contributed by atoms with Crippen molar-refractivity contribution in [3.63, 3.8) is 0 Å². The molecule has 0 fully saturated rings. The first-order chi connectivity index (χ1) is 5.95. The van der Waals surface area contributed by atoms with Crippen molar-refractivity contribution in [3.05, 3.63) is 18.2 Å². The van der Waals surface area contributed by atoms with E-state index in [9.17, 15) is 8.42 Å². The van der Waals surface area contributed by atoms with Crippen LogP contribution in [-0.2, 0) is 10.1 Å². The van der Waals surface area contributed by atoms with Gasteiger partial charge in [0.15, 0.2) is 0 Å². The molecular weight excluding hydrogens is 217 g/mol. The summed E-state index contributed by atoms with van der Waals surface area (Å²) in [6.45, 7) is 0. The zero-order valence-corrected chi connectivity index (χ0v) is 10.7. The van der Waals surface area contributed by atoms with E-state index in [0.29, 0.717) is 5.75 Å². The Hall–Kier alpha value is -0.270. The molecule has 0 aliphatic carbocycles.